The van der Waals surface area contributed by atoms with Gasteiger partial charge in [-0.3, -0.25) is 0 Å². The predicted molar refractivity (Wildman–Crippen MR) is 74.5 cm³/mol. The lowest BCUT2D eigenvalue weighted by atomic mass is 10.00. The van der Waals surface area contributed by atoms with E-state index in [4.69, 9.17) is 0 Å². The first kappa shape index (κ1) is 14.6. The van der Waals surface area contributed by atoms with Crippen LogP contribution in [0, 0.1) is 0 Å². The highest BCUT2D eigenvalue weighted by Crippen LogP contribution is 2.20. The first-order valence-electron chi connectivity index (χ1n) is 6.24. The van der Waals surface area contributed by atoms with Crippen LogP contribution in [-0.4, -0.2) is 22.1 Å². The molecule has 17 heavy (non-hydrogen) atoms. The van der Waals surface area contributed by atoms with Gasteiger partial charge < -0.3 is 10.2 Å². The van der Waals surface area contributed by atoms with Crippen molar-refractivity contribution in [2.24, 2.45) is 0 Å². The van der Waals surface area contributed by atoms with E-state index in [0.717, 1.165) is 12.0 Å². The van der Waals surface area contributed by atoms with Crippen LogP contribution in [0.3, 0.4) is 0 Å². The number of thiol groups is 1. The maximum absolute atomic E-state index is 9.90. The van der Waals surface area contributed by atoms with Crippen molar-refractivity contribution in [1.29, 1.82) is 0 Å². The summed E-state index contributed by atoms with van der Waals surface area (Å²) in [5.41, 5.74) is 2.06. The molecule has 0 saturated heterocycles. The van der Waals surface area contributed by atoms with Gasteiger partial charge in [0, 0.05) is 0 Å². The average Bonchev–Trinajstić information content (AvgIpc) is 2.36. The van der Waals surface area contributed by atoms with Crippen molar-refractivity contribution in [3.63, 3.8) is 0 Å². The lowest BCUT2D eigenvalue weighted by Crippen LogP contribution is -2.18. The summed E-state index contributed by atoms with van der Waals surface area (Å²) in [6.45, 7) is 2.17. The molecule has 0 aliphatic carbocycles. The third-order valence-electron chi connectivity index (χ3n) is 2.93. The zero-order valence-corrected chi connectivity index (χ0v) is 11.2. The van der Waals surface area contributed by atoms with E-state index in [1.807, 2.05) is 24.3 Å². The molecule has 0 amide bonds. The van der Waals surface area contributed by atoms with E-state index in [1.165, 1.54) is 18.4 Å². The number of benzene rings is 1. The van der Waals surface area contributed by atoms with Gasteiger partial charge in [-0.1, -0.05) is 37.6 Å². The van der Waals surface area contributed by atoms with Crippen LogP contribution in [0.25, 0.3) is 0 Å². The fraction of sp³-hybridized carbons (Fsp3) is 0.571. The molecule has 2 N–H and O–H groups in total. The van der Waals surface area contributed by atoms with Crippen LogP contribution in [0.1, 0.15) is 43.4 Å². The van der Waals surface area contributed by atoms with Crippen molar-refractivity contribution in [3.8, 4) is 0 Å². The Labute approximate surface area is 109 Å². The van der Waals surface area contributed by atoms with Gasteiger partial charge in [0.15, 0.2) is 0 Å². The Morgan fingerprint density at radius 1 is 1.18 bits per heavy atom. The Morgan fingerprint density at radius 2 is 1.82 bits per heavy atom. The van der Waals surface area contributed by atoms with Gasteiger partial charge in [0.1, 0.15) is 6.10 Å². The molecule has 1 aromatic carbocycles. The second kappa shape index (κ2) is 7.75. The average molecular weight is 254 g/mol. The maximum Gasteiger partial charge on any atom is 0.105 e. The fourth-order valence-corrected chi connectivity index (χ4v) is 2.04. The van der Waals surface area contributed by atoms with Crippen LogP contribution >= 0.6 is 12.6 Å². The number of aryl methyl sites for hydroxylation is 1. The normalized spacial score (nSPS) is 14.6. The van der Waals surface area contributed by atoms with Gasteiger partial charge in [-0.05, 0) is 36.1 Å². The molecule has 0 saturated carbocycles. The summed E-state index contributed by atoms with van der Waals surface area (Å²) in [6, 6.07) is 7.86. The second-order valence-corrected chi connectivity index (χ2v) is 4.82. The first-order valence-corrected chi connectivity index (χ1v) is 6.88. The number of unbranched alkanes of at least 4 members (excludes halogenated alkanes) is 1. The van der Waals surface area contributed by atoms with Gasteiger partial charge in [-0.2, -0.15) is 12.6 Å². The third-order valence-corrected chi connectivity index (χ3v) is 3.19. The molecule has 0 aliphatic heterocycles. The van der Waals surface area contributed by atoms with Crippen molar-refractivity contribution in [2.75, 3.05) is 5.75 Å². The third kappa shape index (κ3) is 4.70. The molecule has 2 atom stereocenters. The Hall–Kier alpha value is -0.510. The van der Waals surface area contributed by atoms with Crippen LogP contribution in [0.2, 0.25) is 0 Å². The molecule has 1 aromatic rings. The van der Waals surface area contributed by atoms with Gasteiger partial charge in [0.2, 0.25) is 0 Å². The number of aliphatic hydroxyl groups excluding tert-OH is 2. The van der Waals surface area contributed by atoms with E-state index in [2.05, 4.69) is 19.6 Å². The van der Waals surface area contributed by atoms with E-state index in [-0.39, 0.29) is 0 Å². The minimum absolute atomic E-state index is 0.502. The van der Waals surface area contributed by atoms with Gasteiger partial charge in [0.05, 0.1) is 6.10 Å². The van der Waals surface area contributed by atoms with E-state index >= 15 is 0 Å². The van der Waals surface area contributed by atoms with Gasteiger partial charge in [-0.15, -0.1) is 0 Å². The summed E-state index contributed by atoms with van der Waals surface area (Å²) in [5, 5.41) is 19.6. The van der Waals surface area contributed by atoms with Gasteiger partial charge in [0.25, 0.3) is 0 Å². The molecule has 0 radical (unpaired) electrons. The highest BCUT2D eigenvalue weighted by molar-refractivity contribution is 7.80. The van der Waals surface area contributed by atoms with Crippen molar-refractivity contribution in [2.45, 2.75) is 44.8 Å². The van der Waals surface area contributed by atoms with Crippen LogP contribution in [0.4, 0.5) is 0 Å². The molecular formula is C14H22O2S. The molecule has 0 aliphatic rings. The zero-order valence-electron chi connectivity index (χ0n) is 10.3. The quantitative estimate of drug-likeness (QED) is 0.655. The maximum atomic E-state index is 9.90. The molecule has 3 heteroatoms. The summed E-state index contributed by atoms with van der Waals surface area (Å²) in [6.07, 6.45) is 2.42. The summed E-state index contributed by atoms with van der Waals surface area (Å²) in [5.74, 6) is 0.576. The lowest BCUT2D eigenvalue weighted by Gasteiger charge is -2.17. The fourth-order valence-electron chi connectivity index (χ4n) is 1.77. The Kier molecular flexibility index (Phi) is 6.63. The van der Waals surface area contributed by atoms with E-state index in [1.54, 1.807) is 0 Å². The molecular weight excluding hydrogens is 232 g/mol. The monoisotopic (exact) mass is 254 g/mol. The molecule has 2 unspecified atom stereocenters. The smallest absolute Gasteiger partial charge is 0.105 e. The zero-order chi connectivity index (χ0) is 12.7. The molecule has 2 nitrogen and oxygen atoms in total. The van der Waals surface area contributed by atoms with E-state index in [9.17, 15) is 10.2 Å². The number of hydrogen-bond acceptors (Lipinski definition) is 3. The van der Waals surface area contributed by atoms with Crippen molar-refractivity contribution < 1.29 is 10.2 Å². The van der Waals surface area contributed by atoms with Crippen molar-refractivity contribution in [3.05, 3.63) is 35.4 Å². The van der Waals surface area contributed by atoms with Gasteiger partial charge in [-0.25, -0.2) is 0 Å². The van der Waals surface area contributed by atoms with Crippen molar-refractivity contribution >= 4 is 12.6 Å². The summed E-state index contributed by atoms with van der Waals surface area (Å²) < 4.78 is 0. The summed E-state index contributed by atoms with van der Waals surface area (Å²) in [4.78, 5) is 0. The van der Waals surface area contributed by atoms with Gasteiger partial charge >= 0.3 is 0 Å². The van der Waals surface area contributed by atoms with Crippen LogP contribution in [-0.2, 0) is 6.42 Å². The minimum Gasteiger partial charge on any atom is -0.390 e. The lowest BCUT2D eigenvalue weighted by molar-refractivity contribution is 0.0172. The molecule has 1 rings (SSSR count). The molecule has 0 bridgehead atoms. The van der Waals surface area contributed by atoms with Crippen LogP contribution in [0.5, 0.6) is 0 Å². The number of aliphatic hydroxyl groups is 2. The number of rotatable bonds is 7. The molecule has 0 heterocycles. The largest absolute Gasteiger partial charge is 0.390 e. The SMILES string of the molecule is CCCCc1ccc(C(O)C(O)CCS)cc1. The molecule has 0 aromatic heterocycles. The predicted octanol–water partition coefficient (Wildman–Crippen LogP) is 2.74. The summed E-state index contributed by atoms with van der Waals surface area (Å²) >= 11 is 4.05. The topological polar surface area (TPSA) is 40.5 Å². The first-order chi connectivity index (χ1) is 8.19. The van der Waals surface area contributed by atoms with Crippen LogP contribution < -0.4 is 0 Å². The second-order valence-electron chi connectivity index (χ2n) is 4.37. The summed E-state index contributed by atoms with van der Waals surface area (Å²) in [7, 11) is 0. The Morgan fingerprint density at radius 3 is 2.35 bits per heavy atom. The Balaban J connectivity index is 2.60. The molecule has 96 valence electrons. The number of hydrogen-bond donors (Lipinski definition) is 3. The Bertz CT molecular complexity index is 311. The standard InChI is InChI=1S/C14H22O2S/c1-2-3-4-11-5-7-12(8-6-11)14(16)13(15)9-10-17/h5-8,13-17H,2-4,9-10H2,1H3. The van der Waals surface area contributed by atoms with Crippen molar-refractivity contribution in [1.82, 2.24) is 0 Å². The van der Waals surface area contributed by atoms with E-state index < -0.39 is 12.2 Å². The molecule has 0 spiro atoms. The van der Waals surface area contributed by atoms with E-state index in [0.29, 0.717) is 12.2 Å². The minimum atomic E-state index is -0.803. The highest BCUT2D eigenvalue weighted by Gasteiger charge is 2.17. The highest BCUT2D eigenvalue weighted by atomic mass is 32.1. The molecule has 0 fully saturated rings. The van der Waals surface area contributed by atoms with Crippen LogP contribution in [0.15, 0.2) is 24.3 Å².